The zero-order valence-electron chi connectivity index (χ0n) is 7.97. The van der Waals surface area contributed by atoms with E-state index in [1.807, 2.05) is 10.8 Å². The highest BCUT2D eigenvalue weighted by atomic mass is 127. The smallest absolute Gasteiger partial charge is 0.142 e. The standard InChI is InChI=1S/C9H10IN5/c10-8-5-12-6-14-9(8)13-2-4-15-3-1-11-7-15/h1,3,5-7H,2,4H2,(H,12,13,14). The number of imidazole rings is 1. The Balaban J connectivity index is 1.86. The molecule has 2 aromatic heterocycles. The van der Waals surface area contributed by atoms with Crippen molar-refractivity contribution in [1.82, 2.24) is 19.5 Å². The van der Waals surface area contributed by atoms with Crippen LogP contribution in [0.2, 0.25) is 0 Å². The van der Waals surface area contributed by atoms with Crippen LogP contribution in [-0.4, -0.2) is 26.1 Å². The summed E-state index contributed by atoms with van der Waals surface area (Å²) in [7, 11) is 0. The highest BCUT2D eigenvalue weighted by Crippen LogP contribution is 2.11. The first-order chi connectivity index (χ1) is 7.36. The molecule has 78 valence electrons. The third kappa shape index (κ3) is 2.88. The van der Waals surface area contributed by atoms with Gasteiger partial charge >= 0.3 is 0 Å². The molecular formula is C9H10IN5. The molecule has 0 amide bonds. The molecule has 0 aliphatic carbocycles. The molecule has 0 unspecified atom stereocenters. The Morgan fingerprint density at radius 1 is 1.40 bits per heavy atom. The lowest BCUT2D eigenvalue weighted by Crippen LogP contribution is -2.11. The van der Waals surface area contributed by atoms with Crippen molar-refractivity contribution in [3.63, 3.8) is 0 Å². The van der Waals surface area contributed by atoms with Gasteiger partial charge in [0.15, 0.2) is 0 Å². The first kappa shape index (κ1) is 10.3. The molecule has 0 saturated heterocycles. The Kier molecular flexibility index (Phi) is 3.49. The van der Waals surface area contributed by atoms with Gasteiger partial charge in [0.05, 0.1) is 9.90 Å². The predicted molar refractivity (Wildman–Crippen MR) is 65.5 cm³/mol. The summed E-state index contributed by atoms with van der Waals surface area (Å²) in [6, 6.07) is 0. The summed E-state index contributed by atoms with van der Waals surface area (Å²) in [6.45, 7) is 1.70. The molecule has 1 N–H and O–H groups in total. The second kappa shape index (κ2) is 5.06. The van der Waals surface area contributed by atoms with Gasteiger partial charge in [0.1, 0.15) is 12.1 Å². The molecule has 5 nitrogen and oxygen atoms in total. The van der Waals surface area contributed by atoms with Gasteiger partial charge in [-0.2, -0.15) is 0 Å². The van der Waals surface area contributed by atoms with E-state index in [4.69, 9.17) is 0 Å². The summed E-state index contributed by atoms with van der Waals surface area (Å²) in [5.41, 5.74) is 0. The van der Waals surface area contributed by atoms with Crippen LogP contribution < -0.4 is 5.32 Å². The SMILES string of the molecule is Ic1cncnc1NCCn1ccnc1. The molecule has 2 heterocycles. The molecule has 0 saturated carbocycles. The second-order valence-corrected chi connectivity index (χ2v) is 4.11. The van der Waals surface area contributed by atoms with Crippen LogP contribution in [0, 0.1) is 3.57 Å². The molecule has 0 aliphatic rings. The van der Waals surface area contributed by atoms with Crippen molar-refractivity contribution < 1.29 is 0 Å². The number of halogens is 1. The van der Waals surface area contributed by atoms with Crippen LogP contribution in [0.4, 0.5) is 5.82 Å². The lowest BCUT2D eigenvalue weighted by molar-refractivity contribution is 0.725. The minimum Gasteiger partial charge on any atom is -0.367 e. The molecule has 6 heteroatoms. The van der Waals surface area contributed by atoms with E-state index in [1.54, 1.807) is 25.0 Å². The van der Waals surface area contributed by atoms with Crippen molar-refractivity contribution >= 4 is 28.4 Å². The number of rotatable bonds is 4. The molecule has 2 rings (SSSR count). The number of nitrogens with one attached hydrogen (secondary N) is 1. The van der Waals surface area contributed by atoms with Crippen molar-refractivity contribution in [2.45, 2.75) is 6.54 Å². The molecule has 0 aliphatic heterocycles. The maximum Gasteiger partial charge on any atom is 0.142 e. The lowest BCUT2D eigenvalue weighted by atomic mass is 10.5. The largest absolute Gasteiger partial charge is 0.367 e. The van der Waals surface area contributed by atoms with Crippen LogP contribution in [0.3, 0.4) is 0 Å². The van der Waals surface area contributed by atoms with Crippen LogP contribution in [0.5, 0.6) is 0 Å². The summed E-state index contributed by atoms with van der Waals surface area (Å²) in [4.78, 5) is 12.0. The van der Waals surface area contributed by atoms with Gasteiger partial charge in [-0.3, -0.25) is 0 Å². The minimum atomic E-state index is 0.823. The van der Waals surface area contributed by atoms with Crippen molar-refractivity contribution in [1.29, 1.82) is 0 Å². The van der Waals surface area contributed by atoms with Gasteiger partial charge in [0, 0.05) is 31.7 Å². The Bertz CT molecular complexity index is 414. The molecule has 0 spiro atoms. The van der Waals surface area contributed by atoms with E-state index in [0.29, 0.717) is 0 Å². The van der Waals surface area contributed by atoms with Crippen molar-refractivity contribution in [3.8, 4) is 0 Å². The van der Waals surface area contributed by atoms with E-state index < -0.39 is 0 Å². The molecule has 0 aromatic carbocycles. The quantitative estimate of drug-likeness (QED) is 0.867. The normalized spacial score (nSPS) is 10.2. The maximum absolute atomic E-state index is 4.14. The fraction of sp³-hybridized carbons (Fsp3) is 0.222. The molecule has 2 aromatic rings. The fourth-order valence-electron chi connectivity index (χ4n) is 1.17. The van der Waals surface area contributed by atoms with Crippen molar-refractivity contribution in [2.24, 2.45) is 0 Å². The number of nitrogens with zero attached hydrogens (tertiary/aromatic N) is 4. The summed E-state index contributed by atoms with van der Waals surface area (Å²) in [5, 5.41) is 3.24. The topological polar surface area (TPSA) is 55.6 Å². The molecular weight excluding hydrogens is 305 g/mol. The van der Waals surface area contributed by atoms with Gasteiger partial charge in [0.2, 0.25) is 0 Å². The summed E-state index contributed by atoms with van der Waals surface area (Å²) >= 11 is 2.21. The zero-order chi connectivity index (χ0) is 10.5. The molecule has 0 fully saturated rings. The first-order valence-corrected chi connectivity index (χ1v) is 5.59. The lowest BCUT2D eigenvalue weighted by Gasteiger charge is -2.06. The Hall–Kier alpha value is -1.18. The molecule has 15 heavy (non-hydrogen) atoms. The van der Waals surface area contributed by atoms with E-state index in [0.717, 1.165) is 22.5 Å². The van der Waals surface area contributed by atoms with Gasteiger partial charge in [-0.1, -0.05) is 0 Å². The predicted octanol–water partition coefficient (Wildman–Crippen LogP) is 1.39. The highest BCUT2D eigenvalue weighted by Gasteiger charge is 1.98. The van der Waals surface area contributed by atoms with Gasteiger partial charge in [-0.25, -0.2) is 15.0 Å². The zero-order valence-corrected chi connectivity index (χ0v) is 10.1. The van der Waals surface area contributed by atoms with Crippen LogP contribution in [-0.2, 0) is 6.54 Å². The average molecular weight is 315 g/mol. The summed E-state index contributed by atoms with van der Waals surface area (Å²) in [6.07, 6.45) is 8.84. The fourth-order valence-corrected chi connectivity index (χ4v) is 1.66. The van der Waals surface area contributed by atoms with Crippen LogP contribution in [0.15, 0.2) is 31.2 Å². The van der Waals surface area contributed by atoms with E-state index in [1.165, 1.54) is 0 Å². The molecule has 0 radical (unpaired) electrons. The van der Waals surface area contributed by atoms with Crippen molar-refractivity contribution in [3.05, 3.63) is 34.8 Å². The average Bonchev–Trinajstić information content (AvgIpc) is 2.74. The van der Waals surface area contributed by atoms with Crippen molar-refractivity contribution in [2.75, 3.05) is 11.9 Å². The second-order valence-electron chi connectivity index (χ2n) is 2.95. The number of hydrogen-bond acceptors (Lipinski definition) is 4. The number of anilines is 1. The molecule has 0 atom stereocenters. The maximum atomic E-state index is 4.14. The minimum absolute atomic E-state index is 0.823. The van der Waals surface area contributed by atoms with E-state index in [9.17, 15) is 0 Å². The number of hydrogen-bond donors (Lipinski definition) is 1. The monoisotopic (exact) mass is 315 g/mol. The summed E-state index contributed by atoms with van der Waals surface area (Å²) in [5.74, 6) is 0.880. The van der Waals surface area contributed by atoms with E-state index >= 15 is 0 Å². The Morgan fingerprint density at radius 3 is 3.07 bits per heavy atom. The van der Waals surface area contributed by atoms with Crippen LogP contribution >= 0.6 is 22.6 Å². The van der Waals surface area contributed by atoms with Gasteiger partial charge < -0.3 is 9.88 Å². The third-order valence-corrected chi connectivity index (χ3v) is 2.68. The van der Waals surface area contributed by atoms with Crippen LogP contribution in [0.25, 0.3) is 0 Å². The van der Waals surface area contributed by atoms with E-state index in [2.05, 4.69) is 42.9 Å². The first-order valence-electron chi connectivity index (χ1n) is 4.51. The number of aromatic nitrogens is 4. The highest BCUT2D eigenvalue weighted by molar-refractivity contribution is 14.1. The van der Waals surface area contributed by atoms with Gasteiger partial charge in [0.25, 0.3) is 0 Å². The van der Waals surface area contributed by atoms with Gasteiger partial charge in [-0.05, 0) is 22.6 Å². The van der Waals surface area contributed by atoms with Crippen LogP contribution in [0.1, 0.15) is 0 Å². The summed E-state index contributed by atoms with van der Waals surface area (Å²) < 4.78 is 3.04. The van der Waals surface area contributed by atoms with Gasteiger partial charge in [-0.15, -0.1) is 0 Å². The Labute approximate surface area is 101 Å². The third-order valence-electron chi connectivity index (χ3n) is 1.89. The Morgan fingerprint density at radius 2 is 2.33 bits per heavy atom. The molecule has 0 bridgehead atoms. The van der Waals surface area contributed by atoms with E-state index in [-0.39, 0.29) is 0 Å².